The van der Waals surface area contributed by atoms with Crippen molar-refractivity contribution in [2.45, 2.75) is 6.18 Å². The van der Waals surface area contributed by atoms with Crippen LogP contribution in [0.2, 0.25) is 5.02 Å². The minimum Gasteiger partial charge on any atom is -0.481 e. The predicted octanol–water partition coefficient (Wildman–Crippen LogP) is 4.15. The Hall–Kier alpha value is -2.68. The fraction of sp³-hybridized carbons (Fsp3) is 0.133. The molecule has 0 aliphatic rings. The van der Waals surface area contributed by atoms with Crippen LogP contribution in [0.25, 0.3) is 16.9 Å². The molecule has 2 heterocycles. The lowest BCUT2D eigenvalue weighted by molar-refractivity contribution is -0.137. The minimum atomic E-state index is -4.57. The van der Waals surface area contributed by atoms with Crippen molar-refractivity contribution >= 4 is 11.6 Å². The highest BCUT2D eigenvalue weighted by Crippen LogP contribution is 2.35. The maximum absolute atomic E-state index is 14.6. The first-order valence-electron chi connectivity index (χ1n) is 6.78. The van der Waals surface area contributed by atoms with Crippen molar-refractivity contribution in [2.75, 3.05) is 7.11 Å². The van der Waals surface area contributed by atoms with Crippen molar-refractivity contribution in [1.82, 2.24) is 19.7 Å². The minimum absolute atomic E-state index is 0.0400. The van der Waals surface area contributed by atoms with E-state index in [1.54, 1.807) is 0 Å². The molecule has 0 unspecified atom stereocenters. The third kappa shape index (κ3) is 3.27. The molecule has 0 atom stereocenters. The van der Waals surface area contributed by atoms with Crippen LogP contribution < -0.4 is 4.74 Å². The molecule has 0 saturated heterocycles. The third-order valence-electron chi connectivity index (χ3n) is 3.34. The Balaban J connectivity index is 2.21. The van der Waals surface area contributed by atoms with Crippen LogP contribution in [0.5, 0.6) is 5.88 Å². The molecule has 0 aliphatic carbocycles. The van der Waals surface area contributed by atoms with E-state index in [-0.39, 0.29) is 27.8 Å². The largest absolute Gasteiger partial charge is 0.481 e. The summed E-state index contributed by atoms with van der Waals surface area (Å²) in [6.07, 6.45) is -2.02. The zero-order valence-corrected chi connectivity index (χ0v) is 13.3. The van der Waals surface area contributed by atoms with Crippen LogP contribution in [0.1, 0.15) is 5.56 Å². The van der Waals surface area contributed by atoms with E-state index in [0.717, 1.165) is 17.2 Å². The topological polar surface area (TPSA) is 52.8 Å². The van der Waals surface area contributed by atoms with Crippen molar-refractivity contribution in [3.63, 3.8) is 0 Å². The van der Waals surface area contributed by atoms with Gasteiger partial charge in [-0.1, -0.05) is 11.6 Å². The number of ether oxygens (including phenoxy) is 1. The normalized spacial score (nSPS) is 11.6. The number of aromatic nitrogens is 4. The van der Waals surface area contributed by atoms with Crippen LogP contribution in [0.3, 0.4) is 0 Å². The standard InChI is InChI=1S/C15H9ClF4N4O/c1-25-12-4-10(21-7-22-12)13-11(3-2-9(16)14(13)17)24-6-8(5-23-24)15(18,19)20/h2-7H,1H3. The van der Waals surface area contributed by atoms with Crippen LogP contribution in [-0.2, 0) is 6.18 Å². The van der Waals surface area contributed by atoms with Crippen LogP contribution in [0.4, 0.5) is 17.6 Å². The lowest BCUT2D eigenvalue weighted by Gasteiger charge is -2.12. The number of halogens is 5. The number of benzene rings is 1. The monoisotopic (exact) mass is 372 g/mol. The Morgan fingerprint density at radius 2 is 1.96 bits per heavy atom. The lowest BCUT2D eigenvalue weighted by Crippen LogP contribution is -2.04. The molecule has 0 fully saturated rings. The first-order chi connectivity index (χ1) is 11.8. The van der Waals surface area contributed by atoms with Gasteiger partial charge in [-0.15, -0.1) is 0 Å². The van der Waals surface area contributed by atoms with Crippen LogP contribution >= 0.6 is 11.6 Å². The first kappa shape index (κ1) is 17.2. The van der Waals surface area contributed by atoms with Gasteiger partial charge in [0.15, 0.2) is 5.82 Å². The molecule has 0 saturated carbocycles. The fourth-order valence-electron chi connectivity index (χ4n) is 2.16. The van der Waals surface area contributed by atoms with E-state index < -0.39 is 17.6 Å². The van der Waals surface area contributed by atoms with E-state index >= 15 is 0 Å². The van der Waals surface area contributed by atoms with Gasteiger partial charge in [-0.25, -0.2) is 19.0 Å². The molecule has 0 aliphatic heterocycles. The number of nitrogens with zero attached hydrogens (tertiary/aromatic N) is 4. The van der Waals surface area contributed by atoms with Gasteiger partial charge in [-0.3, -0.25) is 0 Å². The highest BCUT2D eigenvalue weighted by Gasteiger charge is 2.32. The quantitative estimate of drug-likeness (QED) is 0.648. The van der Waals surface area contributed by atoms with Crippen molar-refractivity contribution in [1.29, 1.82) is 0 Å². The first-order valence-corrected chi connectivity index (χ1v) is 7.15. The third-order valence-corrected chi connectivity index (χ3v) is 3.63. The Labute approximate surface area is 143 Å². The molecule has 1 aromatic carbocycles. The molecule has 3 rings (SSSR count). The molecule has 0 spiro atoms. The maximum atomic E-state index is 14.6. The van der Waals surface area contributed by atoms with Crippen LogP contribution in [0.15, 0.2) is 36.9 Å². The van der Waals surface area contributed by atoms with Gasteiger partial charge in [0, 0.05) is 12.3 Å². The van der Waals surface area contributed by atoms with E-state index in [0.29, 0.717) is 6.20 Å². The van der Waals surface area contributed by atoms with Crippen molar-refractivity contribution in [2.24, 2.45) is 0 Å². The van der Waals surface area contributed by atoms with E-state index in [4.69, 9.17) is 16.3 Å². The van der Waals surface area contributed by atoms with Gasteiger partial charge in [-0.05, 0) is 12.1 Å². The number of hydrogen-bond acceptors (Lipinski definition) is 4. The molecule has 0 radical (unpaired) electrons. The van der Waals surface area contributed by atoms with Crippen molar-refractivity contribution in [3.05, 3.63) is 53.3 Å². The summed E-state index contributed by atoms with van der Waals surface area (Å²) in [4.78, 5) is 7.76. The summed E-state index contributed by atoms with van der Waals surface area (Å²) in [6.45, 7) is 0. The summed E-state index contributed by atoms with van der Waals surface area (Å²) in [6, 6.07) is 3.91. The number of methoxy groups -OCH3 is 1. The zero-order chi connectivity index (χ0) is 18.2. The summed E-state index contributed by atoms with van der Waals surface area (Å²) < 4.78 is 58.9. The molecule has 25 heavy (non-hydrogen) atoms. The van der Waals surface area contributed by atoms with Gasteiger partial charge >= 0.3 is 6.18 Å². The average molecular weight is 373 g/mol. The molecular weight excluding hydrogens is 364 g/mol. The Morgan fingerprint density at radius 1 is 1.20 bits per heavy atom. The van der Waals surface area contributed by atoms with Crippen molar-refractivity contribution in [3.8, 4) is 22.8 Å². The second-order valence-corrected chi connectivity index (χ2v) is 5.28. The maximum Gasteiger partial charge on any atom is 0.419 e. The molecule has 2 aromatic heterocycles. The lowest BCUT2D eigenvalue weighted by atomic mass is 10.1. The van der Waals surface area contributed by atoms with Gasteiger partial charge < -0.3 is 4.74 Å². The number of hydrogen-bond donors (Lipinski definition) is 0. The average Bonchev–Trinajstić information content (AvgIpc) is 3.07. The second-order valence-electron chi connectivity index (χ2n) is 4.87. The van der Waals surface area contributed by atoms with E-state index in [1.165, 1.54) is 25.3 Å². The van der Waals surface area contributed by atoms with Gasteiger partial charge in [-0.2, -0.15) is 18.3 Å². The number of alkyl halides is 3. The smallest absolute Gasteiger partial charge is 0.419 e. The van der Waals surface area contributed by atoms with E-state index in [9.17, 15) is 17.6 Å². The van der Waals surface area contributed by atoms with E-state index in [1.807, 2.05) is 0 Å². The van der Waals surface area contributed by atoms with Crippen LogP contribution in [0, 0.1) is 5.82 Å². The van der Waals surface area contributed by atoms with Gasteiger partial charge in [0.2, 0.25) is 5.88 Å². The molecule has 3 aromatic rings. The highest BCUT2D eigenvalue weighted by atomic mass is 35.5. The Kier molecular flexibility index (Phi) is 4.34. The summed E-state index contributed by atoms with van der Waals surface area (Å²) in [5, 5.41) is 3.46. The fourth-order valence-corrected chi connectivity index (χ4v) is 2.32. The molecule has 5 nitrogen and oxygen atoms in total. The summed E-state index contributed by atoms with van der Waals surface area (Å²) in [5.41, 5.74) is -0.955. The predicted molar refractivity (Wildman–Crippen MR) is 81.1 cm³/mol. The number of rotatable bonds is 3. The van der Waals surface area contributed by atoms with Gasteiger partial charge in [0.05, 0.1) is 40.8 Å². The highest BCUT2D eigenvalue weighted by molar-refractivity contribution is 6.31. The van der Waals surface area contributed by atoms with Crippen LogP contribution in [-0.4, -0.2) is 26.9 Å². The Morgan fingerprint density at radius 3 is 2.60 bits per heavy atom. The SMILES string of the molecule is COc1cc(-c2c(-n3cc(C(F)(F)F)cn3)ccc(Cl)c2F)ncn1. The molecule has 0 amide bonds. The second kappa shape index (κ2) is 6.32. The molecule has 130 valence electrons. The molecule has 0 bridgehead atoms. The van der Waals surface area contributed by atoms with Crippen molar-refractivity contribution < 1.29 is 22.3 Å². The van der Waals surface area contributed by atoms with Gasteiger partial charge in [0.1, 0.15) is 6.33 Å². The zero-order valence-electron chi connectivity index (χ0n) is 12.6. The van der Waals surface area contributed by atoms with Gasteiger partial charge in [0.25, 0.3) is 0 Å². The summed E-state index contributed by atoms with van der Waals surface area (Å²) >= 11 is 5.82. The van der Waals surface area contributed by atoms with E-state index in [2.05, 4.69) is 15.1 Å². The molecule has 0 N–H and O–H groups in total. The summed E-state index contributed by atoms with van der Waals surface area (Å²) in [5.74, 6) is -0.684. The molecular formula is C15H9ClF4N4O. The summed E-state index contributed by atoms with van der Waals surface area (Å²) in [7, 11) is 1.37. The Bertz CT molecular complexity index is 926. The molecule has 10 heteroatoms.